The van der Waals surface area contributed by atoms with Crippen LogP contribution in [0, 0.1) is 0 Å². The number of rotatable bonds is 6. The normalized spacial score (nSPS) is 11.1. The van der Waals surface area contributed by atoms with E-state index in [4.69, 9.17) is 4.42 Å². The van der Waals surface area contributed by atoms with Crippen molar-refractivity contribution >= 4 is 22.5 Å². The van der Waals surface area contributed by atoms with Gasteiger partial charge in [0, 0.05) is 6.54 Å². The van der Waals surface area contributed by atoms with Gasteiger partial charge in [-0.05, 0) is 34.7 Å². The van der Waals surface area contributed by atoms with Crippen molar-refractivity contribution in [2.24, 2.45) is 0 Å². The zero-order valence-corrected chi connectivity index (χ0v) is 13.0. The van der Waals surface area contributed by atoms with Gasteiger partial charge >= 0.3 is 0 Å². The molecule has 0 radical (unpaired) electrons. The first-order valence-corrected chi connectivity index (χ1v) is 8.50. The fourth-order valence-electron chi connectivity index (χ4n) is 2.50. The molecule has 3 aromatic rings. The lowest BCUT2D eigenvalue weighted by molar-refractivity contribution is 0.459. The van der Waals surface area contributed by atoms with Crippen molar-refractivity contribution in [1.29, 1.82) is 0 Å². The Labute approximate surface area is 129 Å². The summed E-state index contributed by atoms with van der Waals surface area (Å²) in [5.41, 5.74) is 1.32. The molecular formula is C18H19NOS. The Kier molecular flexibility index (Phi) is 4.63. The number of hydrogen-bond donors (Lipinski definition) is 1. The molecule has 0 amide bonds. The highest BCUT2D eigenvalue weighted by Crippen LogP contribution is 2.18. The molecule has 2 nitrogen and oxygen atoms in total. The molecular weight excluding hydrogens is 278 g/mol. The lowest BCUT2D eigenvalue weighted by atomic mass is 10.0. The van der Waals surface area contributed by atoms with Gasteiger partial charge in [0.15, 0.2) is 0 Å². The van der Waals surface area contributed by atoms with Gasteiger partial charge in [-0.2, -0.15) is 11.8 Å². The highest BCUT2D eigenvalue weighted by molar-refractivity contribution is 7.97. The maximum Gasteiger partial charge on any atom is 0.118 e. The number of thioether (sulfide) groups is 1. The molecule has 2 aromatic carbocycles. The van der Waals surface area contributed by atoms with Crippen LogP contribution in [-0.2, 0) is 18.8 Å². The fourth-order valence-corrected chi connectivity index (χ4v) is 2.94. The molecule has 0 fully saturated rings. The third-order valence-corrected chi connectivity index (χ3v) is 4.07. The Morgan fingerprint density at radius 3 is 2.62 bits per heavy atom. The Morgan fingerprint density at radius 2 is 1.71 bits per heavy atom. The molecule has 1 heterocycles. The molecule has 108 valence electrons. The third kappa shape index (κ3) is 3.49. The highest BCUT2D eigenvalue weighted by atomic mass is 32.2. The van der Waals surface area contributed by atoms with Crippen molar-refractivity contribution in [2.45, 2.75) is 18.8 Å². The summed E-state index contributed by atoms with van der Waals surface area (Å²) < 4.78 is 5.77. The van der Waals surface area contributed by atoms with Gasteiger partial charge in [0.05, 0.1) is 12.3 Å². The average molecular weight is 297 g/mol. The summed E-state index contributed by atoms with van der Waals surface area (Å²) in [7, 11) is 0. The van der Waals surface area contributed by atoms with Crippen molar-refractivity contribution in [3.05, 3.63) is 71.7 Å². The third-order valence-electron chi connectivity index (χ3n) is 3.50. The van der Waals surface area contributed by atoms with Crippen LogP contribution in [0.4, 0.5) is 0 Å². The predicted octanol–water partition coefficient (Wildman–Crippen LogP) is 4.59. The Morgan fingerprint density at radius 1 is 0.905 bits per heavy atom. The quantitative estimate of drug-likeness (QED) is 0.720. The number of hydrogen-bond acceptors (Lipinski definition) is 3. The van der Waals surface area contributed by atoms with E-state index < -0.39 is 0 Å². The smallest absolute Gasteiger partial charge is 0.118 e. The maximum atomic E-state index is 5.77. The first kappa shape index (κ1) is 14.2. The zero-order valence-electron chi connectivity index (χ0n) is 12.1. The minimum Gasteiger partial charge on any atom is -0.464 e. The van der Waals surface area contributed by atoms with Gasteiger partial charge in [0.1, 0.15) is 11.5 Å². The zero-order chi connectivity index (χ0) is 14.5. The summed E-state index contributed by atoms with van der Waals surface area (Å²) in [5.74, 6) is 2.98. The Bertz CT molecular complexity index is 715. The summed E-state index contributed by atoms with van der Waals surface area (Å²) in [5, 5.41) is 6.07. The van der Waals surface area contributed by atoms with Crippen LogP contribution in [0.25, 0.3) is 10.8 Å². The van der Waals surface area contributed by atoms with E-state index in [1.54, 1.807) is 11.8 Å². The summed E-state index contributed by atoms with van der Waals surface area (Å²) in [6.07, 6.45) is 2.08. The topological polar surface area (TPSA) is 25.2 Å². The summed E-state index contributed by atoms with van der Waals surface area (Å²) in [4.78, 5) is 0. The van der Waals surface area contributed by atoms with Crippen LogP contribution < -0.4 is 5.32 Å². The van der Waals surface area contributed by atoms with Gasteiger partial charge in [0.2, 0.25) is 0 Å². The van der Waals surface area contributed by atoms with Crippen LogP contribution in [0.1, 0.15) is 17.1 Å². The van der Waals surface area contributed by atoms with E-state index in [9.17, 15) is 0 Å². The summed E-state index contributed by atoms with van der Waals surface area (Å²) in [6, 6.07) is 19.1. The molecule has 21 heavy (non-hydrogen) atoms. The Hall–Kier alpha value is -1.71. The predicted molar refractivity (Wildman–Crippen MR) is 90.4 cm³/mol. The molecule has 0 bridgehead atoms. The van der Waals surface area contributed by atoms with E-state index in [1.165, 1.54) is 16.3 Å². The number of benzene rings is 2. The van der Waals surface area contributed by atoms with Gasteiger partial charge in [-0.15, -0.1) is 0 Å². The summed E-state index contributed by atoms with van der Waals surface area (Å²) in [6.45, 7) is 1.61. The first-order valence-electron chi connectivity index (χ1n) is 7.10. The van der Waals surface area contributed by atoms with Gasteiger partial charge in [0.25, 0.3) is 0 Å². The monoisotopic (exact) mass is 297 g/mol. The lowest BCUT2D eigenvalue weighted by Gasteiger charge is -2.07. The molecule has 0 aliphatic carbocycles. The van der Waals surface area contributed by atoms with E-state index in [-0.39, 0.29) is 0 Å². The minimum absolute atomic E-state index is 0.762. The maximum absolute atomic E-state index is 5.77. The first-order chi connectivity index (χ1) is 10.4. The fraction of sp³-hybridized carbons (Fsp3) is 0.222. The molecule has 3 rings (SSSR count). The van der Waals surface area contributed by atoms with Gasteiger partial charge in [-0.1, -0.05) is 42.5 Å². The average Bonchev–Trinajstić information content (AvgIpc) is 2.96. The minimum atomic E-state index is 0.762. The number of fused-ring (bicyclic) bond motifs is 1. The van der Waals surface area contributed by atoms with E-state index in [0.717, 1.165) is 30.4 Å². The van der Waals surface area contributed by atoms with Crippen LogP contribution in [0.5, 0.6) is 0 Å². The molecule has 1 aromatic heterocycles. The molecule has 0 atom stereocenters. The second kappa shape index (κ2) is 6.83. The molecule has 0 unspecified atom stereocenters. The number of nitrogens with one attached hydrogen (secondary N) is 1. The van der Waals surface area contributed by atoms with Crippen molar-refractivity contribution in [2.75, 3.05) is 6.26 Å². The van der Waals surface area contributed by atoms with Crippen LogP contribution in [0.3, 0.4) is 0 Å². The highest BCUT2D eigenvalue weighted by Gasteiger charge is 2.03. The molecule has 0 aliphatic rings. The Balaban J connectivity index is 1.63. The van der Waals surface area contributed by atoms with Crippen molar-refractivity contribution in [3.63, 3.8) is 0 Å². The largest absolute Gasteiger partial charge is 0.464 e. The van der Waals surface area contributed by atoms with Crippen LogP contribution in [0.15, 0.2) is 59.0 Å². The molecule has 1 N–H and O–H groups in total. The second-order valence-corrected chi connectivity index (χ2v) is 5.91. The molecule has 0 saturated heterocycles. The van der Waals surface area contributed by atoms with E-state index in [1.807, 2.05) is 0 Å². The standard InChI is InChI=1S/C18H19NOS/c1-21-13-17-10-9-16(20-17)12-19-11-15-7-4-6-14-5-2-3-8-18(14)15/h2-10,19H,11-13H2,1H3. The van der Waals surface area contributed by atoms with Crippen molar-refractivity contribution < 1.29 is 4.42 Å². The van der Waals surface area contributed by atoms with Crippen LogP contribution >= 0.6 is 11.8 Å². The molecule has 0 aliphatic heterocycles. The second-order valence-electron chi connectivity index (χ2n) is 5.04. The van der Waals surface area contributed by atoms with Crippen LogP contribution in [0.2, 0.25) is 0 Å². The molecule has 0 saturated carbocycles. The number of furan rings is 1. The molecule has 3 heteroatoms. The van der Waals surface area contributed by atoms with Crippen molar-refractivity contribution in [1.82, 2.24) is 5.32 Å². The van der Waals surface area contributed by atoms with Gasteiger partial charge in [-0.3, -0.25) is 0 Å². The molecule has 0 spiro atoms. The van der Waals surface area contributed by atoms with E-state index >= 15 is 0 Å². The van der Waals surface area contributed by atoms with Crippen LogP contribution in [-0.4, -0.2) is 6.26 Å². The van der Waals surface area contributed by atoms with E-state index in [0.29, 0.717) is 0 Å². The van der Waals surface area contributed by atoms with Crippen molar-refractivity contribution in [3.8, 4) is 0 Å². The lowest BCUT2D eigenvalue weighted by Crippen LogP contribution is -2.12. The van der Waals surface area contributed by atoms with Gasteiger partial charge in [-0.25, -0.2) is 0 Å². The summed E-state index contributed by atoms with van der Waals surface area (Å²) >= 11 is 1.78. The van der Waals surface area contributed by atoms with Gasteiger partial charge < -0.3 is 9.73 Å². The SMILES string of the molecule is CSCc1ccc(CNCc2cccc3ccccc23)o1. The van der Waals surface area contributed by atoms with E-state index in [2.05, 4.69) is 66.2 Å².